The van der Waals surface area contributed by atoms with Gasteiger partial charge in [-0.15, -0.1) is 0 Å². The smallest absolute Gasteiger partial charge is 0.191 e. The van der Waals surface area contributed by atoms with Crippen LogP contribution in [0.25, 0.3) is 0 Å². The van der Waals surface area contributed by atoms with E-state index in [0.717, 1.165) is 63.0 Å². The highest BCUT2D eigenvalue weighted by atomic mass is 16.5. The zero-order chi connectivity index (χ0) is 22.6. The Labute approximate surface area is 194 Å². The summed E-state index contributed by atoms with van der Waals surface area (Å²) in [7, 11) is 2.22. The number of guanidine groups is 1. The third-order valence-electron chi connectivity index (χ3n) is 6.23. The van der Waals surface area contributed by atoms with E-state index in [0.29, 0.717) is 19.1 Å². The largest absolute Gasteiger partial charge is 0.493 e. The Morgan fingerprint density at radius 1 is 1.22 bits per heavy atom. The average Bonchev–Trinajstić information content (AvgIpc) is 3.22. The van der Waals surface area contributed by atoms with E-state index in [1.54, 1.807) is 0 Å². The third-order valence-corrected chi connectivity index (χ3v) is 6.23. The summed E-state index contributed by atoms with van der Waals surface area (Å²) in [6.45, 7) is 14.9. The van der Waals surface area contributed by atoms with Gasteiger partial charge >= 0.3 is 0 Å². The molecule has 1 aromatic rings. The number of nitrogens with zero attached hydrogens (tertiary/aromatic N) is 3. The second-order valence-electron chi connectivity index (χ2n) is 9.13. The minimum Gasteiger partial charge on any atom is -0.493 e. The van der Waals surface area contributed by atoms with Crippen molar-refractivity contribution in [2.24, 2.45) is 10.9 Å². The summed E-state index contributed by atoms with van der Waals surface area (Å²) in [6.07, 6.45) is 3.47. The quantitative estimate of drug-likeness (QED) is 0.328. The summed E-state index contributed by atoms with van der Waals surface area (Å²) >= 11 is 0. The van der Waals surface area contributed by atoms with Gasteiger partial charge < -0.3 is 29.9 Å². The molecule has 7 nitrogen and oxygen atoms in total. The zero-order valence-corrected chi connectivity index (χ0v) is 20.4. The van der Waals surface area contributed by atoms with E-state index in [2.05, 4.69) is 59.5 Å². The van der Waals surface area contributed by atoms with Crippen molar-refractivity contribution in [3.8, 4) is 5.75 Å². The molecule has 0 aliphatic carbocycles. The van der Waals surface area contributed by atoms with Gasteiger partial charge in [-0.3, -0.25) is 0 Å². The van der Waals surface area contributed by atoms with Crippen LogP contribution in [0.15, 0.2) is 23.2 Å². The number of nitrogens with one attached hydrogen (secondary N) is 2. The Balaban J connectivity index is 1.48. The number of aliphatic imine (C=N–C) groups is 1. The van der Waals surface area contributed by atoms with E-state index in [1.807, 2.05) is 0 Å². The molecule has 180 valence electrons. The molecule has 2 aliphatic heterocycles. The summed E-state index contributed by atoms with van der Waals surface area (Å²) in [4.78, 5) is 9.85. The maximum atomic E-state index is 6.18. The molecular weight excluding hydrogens is 402 g/mol. The normalized spacial score (nSPS) is 20.8. The molecule has 0 saturated carbocycles. The summed E-state index contributed by atoms with van der Waals surface area (Å²) in [5.74, 6) is 2.32. The summed E-state index contributed by atoms with van der Waals surface area (Å²) < 4.78 is 11.7. The van der Waals surface area contributed by atoms with Crippen LogP contribution >= 0.6 is 0 Å². The fourth-order valence-corrected chi connectivity index (χ4v) is 4.19. The molecule has 2 saturated heterocycles. The predicted octanol–water partition coefficient (Wildman–Crippen LogP) is 2.49. The van der Waals surface area contributed by atoms with E-state index in [-0.39, 0.29) is 0 Å². The van der Waals surface area contributed by atoms with Crippen LogP contribution in [0.2, 0.25) is 0 Å². The summed E-state index contributed by atoms with van der Waals surface area (Å²) in [5, 5.41) is 6.88. The Morgan fingerprint density at radius 3 is 2.94 bits per heavy atom. The highest BCUT2D eigenvalue weighted by molar-refractivity contribution is 5.79. The molecule has 1 unspecified atom stereocenters. The van der Waals surface area contributed by atoms with Crippen LogP contribution in [0.1, 0.15) is 37.3 Å². The molecule has 32 heavy (non-hydrogen) atoms. The van der Waals surface area contributed by atoms with Gasteiger partial charge in [0.15, 0.2) is 5.96 Å². The first-order valence-corrected chi connectivity index (χ1v) is 12.4. The van der Waals surface area contributed by atoms with Crippen molar-refractivity contribution in [3.05, 3.63) is 29.3 Å². The lowest BCUT2D eigenvalue weighted by atomic mass is 10.1. The van der Waals surface area contributed by atoms with E-state index in [4.69, 9.17) is 14.5 Å². The van der Waals surface area contributed by atoms with Crippen LogP contribution in [0.4, 0.5) is 0 Å². The van der Waals surface area contributed by atoms with E-state index >= 15 is 0 Å². The van der Waals surface area contributed by atoms with Gasteiger partial charge in [0.05, 0.1) is 19.8 Å². The van der Waals surface area contributed by atoms with Gasteiger partial charge in [-0.1, -0.05) is 12.1 Å². The summed E-state index contributed by atoms with van der Waals surface area (Å²) in [6, 6.07) is 6.40. The molecule has 0 amide bonds. The third kappa shape index (κ3) is 8.60. The molecule has 1 aromatic carbocycles. The second-order valence-corrected chi connectivity index (χ2v) is 9.13. The molecule has 2 fully saturated rings. The Kier molecular flexibility index (Phi) is 10.6. The molecule has 0 spiro atoms. The molecule has 0 radical (unpaired) electrons. The Morgan fingerprint density at radius 2 is 2.12 bits per heavy atom. The standard InChI is InChI=1S/C25H43N5O2/c1-4-26-25(27-10-5-12-30-13-6-11-29(3)14-15-30)28-18-23-8-7-21(2)17-24(23)32-20-22-9-16-31-19-22/h7-8,17,22H,4-6,9-16,18-20H2,1-3H3,(H2,26,27,28). The topological polar surface area (TPSA) is 61.4 Å². The van der Waals surface area contributed by atoms with Crippen LogP contribution < -0.4 is 15.4 Å². The van der Waals surface area contributed by atoms with E-state index < -0.39 is 0 Å². The number of likely N-dealkylation sites (N-methyl/N-ethyl adjacent to an activating group) is 1. The van der Waals surface area contributed by atoms with Crippen LogP contribution in [0, 0.1) is 12.8 Å². The Hall–Kier alpha value is -1.83. The number of hydrogen-bond donors (Lipinski definition) is 2. The van der Waals surface area contributed by atoms with Gasteiger partial charge in [-0.2, -0.15) is 0 Å². The monoisotopic (exact) mass is 445 g/mol. The number of hydrogen-bond acceptors (Lipinski definition) is 5. The van der Waals surface area contributed by atoms with Gasteiger partial charge in [-0.05, 0) is 71.4 Å². The van der Waals surface area contributed by atoms with Crippen molar-refractivity contribution in [1.82, 2.24) is 20.4 Å². The Bertz CT molecular complexity index is 706. The lowest BCUT2D eigenvalue weighted by Crippen LogP contribution is -2.39. The first kappa shape index (κ1) is 24.8. The van der Waals surface area contributed by atoms with Gasteiger partial charge in [0.1, 0.15) is 5.75 Å². The number of benzene rings is 1. The fourth-order valence-electron chi connectivity index (χ4n) is 4.19. The SMILES string of the molecule is CCNC(=NCc1ccc(C)cc1OCC1CCOC1)NCCCN1CCCN(C)CC1. The van der Waals surface area contributed by atoms with Gasteiger partial charge in [0.25, 0.3) is 0 Å². The predicted molar refractivity (Wildman–Crippen MR) is 132 cm³/mol. The number of rotatable bonds is 10. The van der Waals surface area contributed by atoms with E-state index in [1.165, 1.54) is 38.2 Å². The zero-order valence-electron chi connectivity index (χ0n) is 20.4. The van der Waals surface area contributed by atoms with Crippen molar-refractivity contribution in [1.29, 1.82) is 0 Å². The maximum absolute atomic E-state index is 6.18. The lowest BCUT2D eigenvalue weighted by Gasteiger charge is -2.20. The average molecular weight is 446 g/mol. The summed E-state index contributed by atoms with van der Waals surface area (Å²) in [5.41, 5.74) is 2.33. The molecule has 3 rings (SSSR count). The van der Waals surface area contributed by atoms with Crippen LogP contribution in [-0.2, 0) is 11.3 Å². The minimum atomic E-state index is 0.496. The highest BCUT2D eigenvalue weighted by Gasteiger charge is 2.17. The molecule has 0 aromatic heterocycles. The van der Waals surface area contributed by atoms with Crippen molar-refractivity contribution in [2.75, 3.05) is 72.7 Å². The number of aryl methyl sites for hydroxylation is 1. The second kappa shape index (κ2) is 13.7. The molecule has 2 aliphatic rings. The van der Waals surface area contributed by atoms with Crippen molar-refractivity contribution in [3.63, 3.8) is 0 Å². The molecule has 7 heteroatoms. The molecule has 1 atom stereocenters. The molecule has 2 heterocycles. The van der Waals surface area contributed by atoms with Crippen molar-refractivity contribution in [2.45, 2.75) is 39.7 Å². The van der Waals surface area contributed by atoms with Crippen LogP contribution in [0.5, 0.6) is 5.75 Å². The van der Waals surface area contributed by atoms with Crippen LogP contribution in [-0.4, -0.2) is 88.4 Å². The fraction of sp³-hybridized carbons (Fsp3) is 0.720. The van der Waals surface area contributed by atoms with Gasteiger partial charge in [0.2, 0.25) is 0 Å². The van der Waals surface area contributed by atoms with Crippen molar-refractivity contribution < 1.29 is 9.47 Å². The molecular formula is C25H43N5O2. The van der Waals surface area contributed by atoms with Crippen molar-refractivity contribution >= 4 is 5.96 Å². The first-order chi connectivity index (χ1) is 15.6. The van der Waals surface area contributed by atoms with Crippen LogP contribution in [0.3, 0.4) is 0 Å². The molecule has 0 bridgehead atoms. The molecule has 2 N–H and O–H groups in total. The highest BCUT2D eigenvalue weighted by Crippen LogP contribution is 2.23. The lowest BCUT2D eigenvalue weighted by molar-refractivity contribution is 0.166. The number of ether oxygens (including phenoxy) is 2. The van der Waals surface area contributed by atoms with E-state index in [9.17, 15) is 0 Å². The first-order valence-electron chi connectivity index (χ1n) is 12.4. The van der Waals surface area contributed by atoms with Gasteiger partial charge in [0, 0.05) is 44.3 Å². The minimum absolute atomic E-state index is 0.496. The maximum Gasteiger partial charge on any atom is 0.191 e. The van der Waals surface area contributed by atoms with Gasteiger partial charge in [-0.25, -0.2) is 4.99 Å².